The van der Waals surface area contributed by atoms with Crippen LogP contribution in [0.2, 0.25) is 0 Å². The number of thiophene rings is 1. The standard InChI is InChI=1S/C10H11NS/c1-8(2)5-10(6-11)9-3-4-12-7-9/h3-5,7-8H,1-2H3/b10-5+. The molecular formula is C10H11NS. The average Bonchev–Trinajstić information content (AvgIpc) is 2.51. The van der Waals surface area contributed by atoms with E-state index in [-0.39, 0.29) is 0 Å². The van der Waals surface area contributed by atoms with E-state index >= 15 is 0 Å². The molecule has 1 rings (SSSR count). The van der Waals surface area contributed by atoms with Crippen molar-refractivity contribution in [3.8, 4) is 6.07 Å². The molecule has 1 aromatic heterocycles. The Balaban J connectivity index is 2.93. The SMILES string of the molecule is CC(C)/C=C(\C#N)c1ccsc1. The second-order valence-corrected chi connectivity index (χ2v) is 3.73. The molecule has 0 fully saturated rings. The molecule has 0 atom stereocenters. The molecule has 0 amide bonds. The predicted octanol–water partition coefficient (Wildman–Crippen LogP) is 3.31. The largest absolute Gasteiger partial charge is 0.192 e. The molecule has 0 N–H and O–H groups in total. The van der Waals surface area contributed by atoms with E-state index in [9.17, 15) is 0 Å². The number of nitrogens with zero attached hydrogens (tertiary/aromatic N) is 1. The molecule has 0 saturated heterocycles. The van der Waals surface area contributed by atoms with Gasteiger partial charge in [0, 0.05) is 5.56 Å². The third-order valence-electron chi connectivity index (χ3n) is 1.45. The molecule has 0 bridgehead atoms. The van der Waals surface area contributed by atoms with Gasteiger partial charge in [0.1, 0.15) is 0 Å². The molecule has 0 aliphatic rings. The van der Waals surface area contributed by atoms with Crippen LogP contribution in [-0.2, 0) is 0 Å². The normalized spacial score (nSPS) is 11.7. The van der Waals surface area contributed by atoms with Crippen molar-refractivity contribution in [1.82, 2.24) is 0 Å². The van der Waals surface area contributed by atoms with E-state index in [0.29, 0.717) is 5.92 Å². The zero-order valence-corrected chi connectivity index (χ0v) is 8.06. The van der Waals surface area contributed by atoms with Gasteiger partial charge in [0.15, 0.2) is 0 Å². The first-order valence-electron chi connectivity index (χ1n) is 3.88. The van der Waals surface area contributed by atoms with Crippen LogP contribution in [0.25, 0.3) is 5.57 Å². The Labute approximate surface area is 77.0 Å². The van der Waals surface area contributed by atoms with Crippen LogP contribution in [0, 0.1) is 17.2 Å². The fourth-order valence-electron chi connectivity index (χ4n) is 0.949. The van der Waals surface area contributed by atoms with E-state index in [1.165, 1.54) is 0 Å². The first kappa shape index (κ1) is 9.02. The first-order valence-corrected chi connectivity index (χ1v) is 4.83. The van der Waals surface area contributed by atoms with Crippen LogP contribution < -0.4 is 0 Å². The second-order valence-electron chi connectivity index (χ2n) is 2.95. The molecule has 1 heterocycles. The van der Waals surface area contributed by atoms with E-state index in [4.69, 9.17) is 5.26 Å². The summed E-state index contributed by atoms with van der Waals surface area (Å²) in [6.45, 7) is 4.15. The molecule has 0 unspecified atom stereocenters. The van der Waals surface area contributed by atoms with E-state index < -0.39 is 0 Å². The van der Waals surface area contributed by atoms with E-state index in [1.54, 1.807) is 11.3 Å². The lowest BCUT2D eigenvalue weighted by Crippen LogP contribution is -1.83. The summed E-state index contributed by atoms with van der Waals surface area (Å²) in [7, 11) is 0. The number of rotatable bonds is 2. The van der Waals surface area contributed by atoms with Crippen molar-refractivity contribution in [1.29, 1.82) is 5.26 Å². The van der Waals surface area contributed by atoms with Crippen molar-refractivity contribution >= 4 is 16.9 Å². The van der Waals surface area contributed by atoms with Gasteiger partial charge in [-0.3, -0.25) is 0 Å². The molecule has 62 valence electrons. The summed E-state index contributed by atoms with van der Waals surface area (Å²) in [6, 6.07) is 4.18. The maximum absolute atomic E-state index is 8.83. The Morgan fingerprint density at radius 1 is 1.67 bits per heavy atom. The third kappa shape index (κ3) is 2.21. The van der Waals surface area contributed by atoms with Crippen molar-refractivity contribution in [2.45, 2.75) is 13.8 Å². The highest BCUT2D eigenvalue weighted by molar-refractivity contribution is 7.08. The minimum atomic E-state index is 0.430. The molecule has 0 saturated carbocycles. The Kier molecular flexibility index (Phi) is 3.07. The zero-order valence-electron chi connectivity index (χ0n) is 7.24. The molecular weight excluding hydrogens is 166 g/mol. The summed E-state index contributed by atoms with van der Waals surface area (Å²) in [4.78, 5) is 0. The van der Waals surface area contributed by atoms with Crippen LogP contribution in [0.5, 0.6) is 0 Å². The van der Waals surface area contributed by atoms with Crippen molar-refractivity contribution in [2.24, 2.45) is 5.92 Å². The van der Waals surface area contributed by atoms with Gasteiger partial charge in [-0.05, 0) is 22.7 Å². The number of hydrogen-bond donors (Lipinski definition) is 0. The number of nitriles is 1. The summed E-state index contributed by atoms with van der Waals surface area (Å²) in [5, 5.41) is 12.8. The quantitative estimate of drug-likeness (QED) is 0.636. The Morgan fingerprint density at radius 2 is 2.42 bits per heavy atom. The highest BCUT2D eigenvalue weighted by Crippen LogP contribution is 2.18. The Morgan fingerprint density at radius 3 is 2.83 bits per heavy atom. The van der Waals surface area contributed by atoms with Gasteiger partial charge in [-0.1, -0.05) is 19.9 Å². The topological polar surface area (TPSA) is 23.8 Å². The second kappa shape index (κ2) is 4.08. The molecule has 0 aliphatic carbocycles. The average molecular weight is 177 g/mol. The molecule has 1 nitrogen and oxygen atoms in total. The summed E-state index contributed by atoms with van der Waals surface area (Å²) in [5.41, 5.74) is 1.82. The summed E-state index contributed by atoms with van der Waals surface area (Å²) < 4.78 is 0. The van der Waals surface area contributed by atoms with Crippen molar-refractivity contribution in [3.05, 3.63) is 28.5 Å². The highest BCUT2D eigenvalue weighted by Gasteiger charge is 2.00. The Hall–Kier alpha value is -1.07. The molecule has 0 radical (unpaired) electrons. The van der Waals surface area contributed by atoms with Gasteiger partial charge < -0.3 is 0 Å². The van der Waals surface area contributed by atoms with Crippen LogP contribution >= 0.6 is 11.3 Å². The fraction of sp³-hybridized carbons (Fsp3) is 0.300. The van der Waals surface area contributed by atoms with Gasteiger partial charge in [-0.15, -0.1) is 0 Å². The number of hydrogen-bond acceptors (Lipinski definition) is 2. The molecule has 12 heavy (non-hydrogen) atoms. The van der Waals surface area contributed by atoms with Crippen molar-refractivity contribution in [3.63, 3.8) is 0 Å². The minimum Gasteiger partial charge on any atom is -0.192 e. The van der Waals surface area contributed by atoms with Crippen molar-refractivity contribution in [2.75, 3.05) is 0 Å². The van der Waals surface area contributed by atoms with Crippen LogP contribution in [-0.4, -0.2) is 0 Å². The molecule has 0 aromatic carbocycles. The van der Waals surface area contributed by atoms with Crippen LogP contribution in [0.1, 0.15) is 19.4 Å². The maximum Gasteiger partial charge on any atom is 0.0994 e. The summed E-state index contributed by atoms with van der Waals surface area (Å²) >= 11 is 1.62. The minimum absolute atomic E-state index is 0.430. The van der Waals surface area contributed by atoms with Crippen LogP contribution in [0.15, 0.2) is 22.9 Å². The van der Waals surface area contributed by atoms with E-state index in [1.807, 2.05) is 22.9 Å². The lowest BCUT2D eigenvalue weighted by molar-refractivity contribution is 0.834. The van der Waals surface area contributed by atoms with Crippen LogP contribution in [0.3, 0.4) is 0 Å². The summed E-state index contributed by atoms with van der Waals surface area (Å²) in [5.74, 6) is 0.430. The highest BCUT2D eigenvalue weighted by atomic mass is 32.1. The molecule has 0 spiro atoms. The van der Waals surface area contributed by atoms with Gasteiger partial charge in [-0.2, -0.15) is 16.6 Å². The number of allylic oxidation sites excluding steroid dienone is 2. The predicted molar refractivity (Wildman–Crippen MR) is 52.7 cm³/mol. The smallest absolute Gasteiger partial charge is 0.0994 e. The Bertz CT molecular complexity index is 301. The van der Waals surface area contributed by atoms with Gasteiger partial charge in [0.2, 0.25) is 0 Å². The third-order valence-corrected chi connectivity index (χ3v) is 2.14. The fourth-order valence-corrected chi connectivity index (χ4v) is 1.60. The molecule has 2 heteroatoms. The van der Waals surface area contributed by atoms with Gasteiger partial charge in [0.25, 0.3) is 0 Å². The van der Waals surface area contributed by atoms with Crippen molar-refractivity contribution < 1.29 is 0 Å². The molecule has 1 aromatic rings. The lowest BCUT2D eigenvalue weighted by Gasteiger charge is -1.96. The van der Waals surface area contributed by atoms with Gasteiger partial charge >= 0.3 is 0 Å². The summed E-state index contributed by atoms with van der Waals surface area (Å²) in [6.07, 6.45) is 1.99. The van der Waals surface area contributed by atoms with E-state index in [2.05, 4.69) is 19.9 Å². The van der Waals surface area contributed by atoms with E-state index in [0.717, 1.165) is 11.1 Å². The van der Waals surface area contributed by atoms with Gasteiger partial charge in [0.05, 0.1) is 11.6 Å². The van der Waals surface area contributed by atoms with Gasteiger partial charge in [-0.25, -0.2) is 0 Å². The first-order chi connectivity index (χ1) is 5.74. The molecule has 0 aliphatic heterocycles. The maximum atomic E-state index is 8.83. The monoisotopic (exact) mass is 177 g/mol. The zero-order chi connectivity index (χ0) is 8.97. The lowest BCUT2D eigenvalue weighted by atomic mass is 10.1. The van der Waals surface area contributed by atoms with Crippen LogP contribution in [0.4, 0.5) is 0 Å².